The molecule has 0 amide bonds. The second-order valence-corrected chi connectivity index (χ2v) is 23.7. The fourth-order valence-electron chi connectivity index (χ4n) is 14.0. The number of rotatable bonds is 5. The minimum Gasteiger partial charge on any atom is -0.455 e. The molecule has 8 aromatic heterocycles. The van der Waals surface area contributed by atoms with Crippen molar-refractivity contribution in [3.05, 3.63) is 243 Å². The van der Waals surface area contributed by atoms with Gasteiger partial charge in [-0.05, 0) is 69.6 Å². The minimum absolute atomic E-state index is 0.519. The molecule has 0 bridgehead atoms. The number of furan rings is 1. The normalized spacial score (nSPS) is 12.3. The lowest BCUT2D eigenvalue weighted by molar-refractivity contribution is 0.670. The average Bonchev–Trinajstić information content (AvgIpc) is 1.52. The van der Waals surface area contributed by atoms with Gasteiger partial charge in [0.05, 0.1) is 27.5 Å². The van der Waals surface area contributed by atoms with Crippen LogP contribution in [0.1, 0.15) is 0 Å². The maximum absolute atomic E-state index is 7.14. The van der Waals surface area contributed by atoms with E-state index in [9.17, 15) is 0 Å². The molecule has 12 aromatic carbocycles. The van der Waals surface area contributed by atoms with E-state index in [0.717, 1.165) is 153 Å². The van der Waals surface area contributed by atoms with Gasteiger partial charge in [-0.15, -0.1) is 11.3 Å². The van der Waals surface area contributed by atoms with E-state index in [2.05, 4.69) is 167 Å². The van der Waals surface area contributed by atoms with Crippen molar-refractivity contribution in [1.29, 1.82) is 0 Å². The molecule has 0 saturated heterocycles. The first-order valence-corrected chi connectivity index (χ1v) is 30.0. The van der Waals surface area contributed by atoms with Crippen molar-refractivity contribution in [2.75, 3.05) is 0 Å². The molecule has 0 fully saturated rings. The number of aromatic nitrogens is 10. The summed E-state index contributed by atoms with van der Waals surface area (Å²) in [6.07, 6.45) is 7.85. The van der Waals surface area contributed by atoms with Crippen molar-refractivity contribution in [1.82, 2.24) is 49.0 Å². The van der Waals surface area contributed by atoms with Crippen LogP contribution in [-0.4, -0.2) is 49.0 Å². The van der Waals surface area contributed by atoms with E-state index in [1.54, 1.807) is 0 Å². The lowest BCUT2D eigenvalue weighted by atomic mass is 9.94. The lowest BCUT2D eigenvalue weighted by Crippen LogP contribution is -2.03. The Balaban J connectivity index is 0.837. The van der Waals surface area contributed by atoms with Crippen LogP contribution in [0.2, 0.25) is 0 Å². The standard InChI is InChI=1S/C76H40N10OS/c1-3-17-41(18-4-1)73-77-37-55-44-21-7-8-22-45(44)56-39-79-76(83-68(56)66(55)81-73)86-60-28-14-10-24-48(60)54-36-52(72-65(71(54)86)50-25-11-15-29-61(50)87-72)43-31-32-46-53(35-43)58-38-78-74(42-19-5-2-6-20-42)82-67(58)69-57(46)40-80-75(84-69)85-59-27-13-9-23-47(59)49-33-34-63-64(70(49)85)51-26-12-16-30-62(51)88-63/h1-40H. The largest absolute Gasteiger partial charge is 0.455 e. The van der Waals surface area contributed by atoms with Crippen molar-refractivity contribution < 1.29 is 4.42 Å². The average molecular weight is 1140 g/mol. The molecule has 20 aromatic rings. The number of para-hydroxylation sites is 3. The third kappa shape index (κ3) is 6.60. The highest BCUT2D eigenvalue weighted by molar-refractivity contribution is 7.26. The van der Waals surface area contributed by atoms with Gasteiger partial charge in [-0.2, -0.15) is 0 Å². The summed E-state index contributed by atoms with van der Waals surface area (Å²) >= 11 is 1.81. The first-order valence-electron chi connectivity index (χ1n) is 29.2. The summed E-state index contributed by atoms with van der Waals surface area (Å²) in [7, 11) is 0. The number of hydrogen-bond donors (Lipinski definition) is 0. The first-order chi connectivity index (χ1) is 43.6. The Morgan fingerprint density at radius 2 is 0.784 bits per heavy atom. The monoisotopic (exact) mass is 1140 g/mol. The Morgan fingerprint density at radius 1 is 0.307 bits per heavy atom. The molecular formula is C76H40N10OS. The van der Waals surface area contributed by atoms with Gasteiger partial charge in [0.25, 0.3) is 0 Å². The molecule has 0 N–H and O–H groups in total. The van der Waals surface area contributed by atoms with Gasteiger partial charge in [-0.1, -0.05) is 176 Å². The third-order valence-corrected chi connectivity index (χ3v) is 19.1. The van der Waals surface area contributed by atoms with E-state index in [0.29, 0.717) is 23.5 Å². The fourth-order valence-corrected chi connectivity index (χ4v) is 15.2. The smallest absolute Gasteiger partial charge is 0.235 e. The Kier molecular flexibility index (Phi) is 9.63. The van der Waals surface area contributed by atoms with Gasteiger partial charge in [0.2, 0.25) is 11.9 Å². The van der Waals surface area contributed by atoms with Crippen LogP contribution in [0.5, 0.6) is 0 Å². The van der Waals surface area contributed by atoms with E-state index in [1.807, 2.05) is 96.8 Å². The zero-order valence-electron chi connectivity index (χ0n) is 46.4. The Labute approximate surface area is 501 Å². The summed E-state index contributed by atoms with van der Waals surface area (Å²) < 4.78 is 14.0. The molecule has 20 rings (SSSR count). The van der Waals surface area contributed by atoms with Crippen LogP contribution in [0.4, 0.5) is 0 Å². The van der Waals surface area contributed by atoms with Crippen molar-refractivity contribution in [2.24, 2.45) is 0 Å². The predicted octanol–water partition coefficient (Wildman–Crippen LogP) is 19.2. The van der Waals surface area contributed by atoms with E-state index in [1.165, 1.54) is 20.2 Å². The van der Waals surface area contributed by atoms with Crippen LogP contribution in [0.3, 0.4) is 0 Å². The van der Waals surface area contributed by atoms with Gasteiger partial charge in [0.1, 0.15) is 33.2 Å². The van der Waals surface area contributed by atoms with Crippen LogP contribution in [0.25, 0.3) is 197 Å². The highest BCUT2D eigenvalue weighted by atomic mass is 32.1. The number of fused-ring (bicyclic) bond motifs is 26. The Bertz CT molecular complexity index is 6450. The van der Waals surface area contributed by atoms with Gasteiger partial charge >= 0.3 is 0 Å². The molecule has 8 heterocycles. The highest BCUT2D eigenvalue weighted by Gasteiger charge is 2.27. The number of benzene rings is 12. The van der Waals surface area contributed by atoms with Gasteiger partial charge in [-0.3, -0.25) is 9.13 Å². The molecule has 0 saturated carbocycles. The van der Waals surface area contributed by atoms with Crippen LogP contribution in [-0.2, 0) is 0 Å². The summed E-state index contributed by atoms with van der Waals surface area (Å²) in [4.78, 5) is 42.6. The van der Waals surface area contributed by atoms with Crippen LogP contribution in [0.15, 0.2) is 248 Å². The maximum atomic E-state index is 7.14. The van der Waals surface area contributed by atoms with Gasteiger partial charge in [0, 0.05) is 110 Å². The van der Waals surface area contributed by atoms with Gasteiger partial charge in [-0.25, -0.2) is 39.9 Å². The Hall–Kier alpha value is -11.9. The summed E-state index contributed by atoms with van der Waals surface area (Å²) in [6.45, 7) is 0. The zero-order chi connectivity index (χ0) is 57.3. The van der Waals surface area contributed by atoms with E-state index < -0.39 is 0 Å². The summed E-state index contributed by atoms with van der Waals surface area (Å²) in [5, 5.41) is 16.3. The lowest BCUT2D eigenvalue weighted by Gasteiger charge is -2.14. The van der Waals surface area contributed by atoms with E-state index >= 15 is 0 Å². The fraction of sp³-hybridized carbons (Fsp3) is 0. The molecule has 0 atom stereocenters. The highest BCUT2D eigenvalue weighted by Crippen LogP contribution is 2.48. The number of hydrogen-bond acceptors (Lipinski definition) is 10. The molecule has 0 radical (unpaired) electrons. The second kappa shape index (κ2) is 17.8. The minimum atomic E-state index is 0.519. The molecule has 12 heteroatoms. The van der Waals surface area contributed by atoms with Crippen LogP contribution >= 0.6 is 11.3 Å². The molecular weight excluding hydrogens is 1100 g/mol. The molecule has 406 valence electrons. The summed E-state index contributed by atoms with van der Waals surface area (Å²) in [5.74, 6) is 2.33. The SMILES string of the molecule is c1ccc(-c2ncc3c4cc(-c5cc6c7ccccc7n(-c7ncc8c9ccccc9c9cnc(-c%10ccccc%10)nc9c8n7)c6c6c5oc5ccccc56)ccc4c4cnc(-n5c6ccccc6c6ccc7sc8ccccc8c7c65)nc4c3n2)cc1. The molecule has 0 spiro atoms. The second-order valence-electron chi connectivity index (χ2n) is 22.6. The van der Waals surface area contributed by atoms with Crippen molar-refractivity contribution in [3.8, 4) is 45.8 Å². The molecule has 11 nitrogen and oxygen atoms in total. The quantitative estimate of drug-likeness (QED) is 0.155. The predicted molar refractivity (Wildman–Crippen MR) is 359 cm³/mol. The Morgan fingerprint density at radius 3 is 1.42 bits per heavy atom. The molecule has 0 unspecified atom stereocenters. The van der Waals surface area contributed by atoms with Crippen molar-refractivity contribution >= 4 is 162 Å². The third-order valence-electron chi connectivity index (χ3n) is 17.9. The van der Waals surface area contributed by atoms with E-state index in [-0.39, 0.29) is 0 Å². The number of nitrogens with zero attached hydrogens (tertiary/aromatic N) is 10. The maximum Gasteiger partial charge on any atom is 0.235 e. The van der Waals surface area contributed by atoms with Crippen molar-refractivity contribution in [3.63, 3.8) is 0 Å². The molecule has 0 aliphatic rings. The zero-order valence-corrected chi connectivity index (χ0v) is 47.2. The first kappa shape index (κ1) is 47.5. The van der Waals surface area contributed by atoms with Crippen LogP contribution in [0, 0.1) is 0 Å². The summed E-state index contributed by atoms with van der Waals surface area (Å²) in [6, 6.07) is 76.1. The molecule has 0 aliphatic carbocycles. The van der Waals surface area contributed by atoms with E-state index in [4.69, 9.17) is 44.3 Å². The van der Waals surface area contributed by atoms with Gasteiger partial charge in [0.15, 0.2) is 11.6 Å². The topological polar surface area (TPSA) is 126 Å². The summed E-state index contributed by atoms with van der Waals surface area (Å²) in [5.41, 5.74) is 12.3. The number of thiophene rings is 1. The molecule has 88 heavy (non-hydrogen) atoms. The van der Waals surface area contributed by atoms with Crippen LogP contribution < -0.4 is 0 Å². The van der Waals surface area contributed by atoms with Gasteiger partial charge < -0.3 is 4.42 Å². The van der Waals surface area contributed by atoms with Crippen molar-refractivity contribution in [2.45, 2.75) is 0 Å². The molecule has 0 aliphatic heterocycles.